The van der Waals surface area contributed by atoms with Crippen LogP contribution in [0.2, 0.25) is 0 Å². The fourth-order valence-electron chi connectivity index (χ4n) is 3.72. The van der Waals surface area contributed by atoms with E-state index in [9.17, 15) is 9.59 Å². The van der Waals surface area contributed by atoms with Gasteiger partial charge in [0.15, 0.2) is 0 Å². The second-order valence-electron chi connectivity index (χ2n) is 7.01. The molecule has 0 unspecified atom stereocenters. The molecule has 0 saturated heterocycles. The van der Waals surface area contributed by atoms with Crippen LogP contribution in [0.4, 0.5) is 11.4 Å². The summed E-state index contributed by atoms with van der Waals surface area (Å²) < 4.78 is 5.64. The summed E-state index contributed by atoms with van der Waals surface area (Å²) in [6.07, 6.45) is 2.57. The number of furan rings is 1. The highest BCUT2D eigenvalue weighted by molar-refractivity contribution is 6.40. The Balaban J connectivity index is 1.48. The van der Waals surface area contributed by atoms with Crippen molar-refractivity contribution in [1.82, 2.24) is 5.32 Å². The molecule has 0 spiro atoms. The number of para-hydroxylation sites is 2. The maximum absolute atomic E-state index is 12.5. The molecule has 29 heavy (non-hydrogen) atoms. The maximum Gasteiger partial charge on any atom is 0.316 e. The van der Waals surface area contributed by atoms with Crippen molar-refractivity contribution in [2.45, 2.75) is 12.5 Å². The van der Waals surface area contributed by atoms with Gasteiger partial charge in [-0.2, -0.15) is 0 Å². The molecule has 2 heterocycles. The summed E-state index contributed by atoms with van der Waals surface area (Å²) in [4.78, 5) is 28.7. The van der Waals surface area contributed by atoms with E-state index in [1.54, 1.807) is 25.4 Å². The van der Waals surface area contributed by atoms with Crippen molar-refractivity contribution in [2.24, 2.45) is 0 Å². The van der Waals surface area contributed by atoms with Gasteiger partial charge in [-0.1, -0.05) is 36.4 Å². The minimum absolute atomic E-state index is 0.188. The van der Waals surface area contributed by atoms with Crippen LogP contribution < -0.4 is 15.1 Å². The number of benzene rings is 2. The number of nitrogens with zero attached hydrogens (tertiary/aromatic N) is 2. The van der Waals surface area contributed by atoms with E-state index >= 15 is 0 Å². The van der Waals surface area contributed by atoms with Crippen molar-refractivity contribution in [1.29, 1.82) is 0 Å². The molecule has 3 aromatic rings. The first kappa shape index (κ1) is 18.8. The molecule has 0 saturated carbocycles. The summed E-state index contributed by atoms with van der Waals surface area (Å²) in [5, 5.41) is 2.80. The van der Waals surface area contributed by atoms with Gasteiger partial charge in [-0.25, -0.2) is 0 Å². The van der Waals surface area contributed by atoms with E-state index in [0.717, 1.165) is 24.4 Å². The smallest absolute Gasteiger partial charge is 0.316 e. The molecule has 6 nitrogen and oxygen atoms in total. The molecule has 148 valence electrons. The van der Waals surface area contributed by atoms with Gasteiger partial charge in [-0.05, 0) is 42.3 Å². The van der Waals surface area contributed by atoms with E-state index in [2.05, 4.69) is 22.3 Å². The van der Waals surface area contributed by atoms with E-state index in [4.69, 9.17) is 4.42 Å². The molecule has 0 bridgehead atoms. The van der Waals surface area contributed by atoms with Gasteiger partial charge in [0.1, 0.15) is 11.8 Å². The third-order valence-electron chi connectivity index (χ3n) is 5.27. The lowest BCUT2D eigenvalue weighted by atomic mass is 10.1. The molecule has 4 rings (SSSR count). The largest absolute Gasteiger partial charge is 0.467 e. The van der Waals surface area contributed by atoms with Crippen molar-refractivity contribution in [3.63, 3.8) is 0 Å². The Bertz CT molecular complexity index is 986. The third kappa shape index (κ3) is 3.87. The lowest BCUT2D eigenvalue weighted by Gasteiger charge is -2.29. The van der Waals surface area contributed by atoms with Crippen LogP contribution >= 0.6 is 0 Å². The quantitative estimate of drug-likeness (QED) is 0.681. The van der Waals surface area contributed by atoms with E-state index in [0.29, 0.717) is 5.69 Å². The van der Waals surface area contributed by atoms with Crippen LogP contribution in [-0.4, -0.2) is 32.0 Å². The molecular formula is C23H23N3O3. The summed E-state index contributed by atoms with van der Waals surface area (Å²) >= 11 is 0. The maximum atomic E-state index is 12.5. The second-order valence-corrected chi connectivity index (χ2v) is 7.01. The zero-order valence-electron chi connectivity index (χ0n) is 16.2. The number of hydrogen-bond donors (Lipinski definition) is 1. The molecule has 1 aromatic heterocycles. The number of hydrogen-bond acceptors (Lipinski definition) is 4. The molecule has 6 heteroatoms. The van der Waals surface area contributed by atoms with Crippen LogP contribution in [0.15, 0.2) is 77.4 Å². The van der Waals surface area contributed by atoms with Gasteiger partial charge in [0.25, 0.3) is 0 Å². The van der Waals surface area contributed by atoms with Gasteiger partial charge < -0.3 is 19.5 Å². The number of nitrogens with one attached hydrogen (secondary N) is 1. The standard InChI is InChI=1S/C23H23N3O3/c1-25(18-9-3-2-4-10-18)23(28)22(27)24-16-20(21-12-7-15-29-21)26-14-13-17-8-5-6-11-19(17)26/h2-12,15,20H,13-14,16H2,1H3,(H,24,27)/t20-/m1/s1. The highest BCUT2D eigenvalue weighted by Crippen LogP contribution is 2.34. The molecule has 0 aliphatic carbocycles. The normalized spacial score (nSPS) is 13.6. The van der Waals surface area contributed by atoms with Crippen LogP contribution in [-0.2, 0) is 16.0 Å². The van der Waals surface area contributed by atoms with E-state index < -0.39 is 11.8 Å². The Morgan fingerprint density at radius 1 is 1.07 bits per heavy atom. The Morgan fingerprint density at radius 3 is 2.59 bits per heavy atom. The van der Waals surface area contributed by atoms with Crippen molar-refractivity contribution < 1.29 is 14.0 Å². The molecule has 0 fully saturated rings. The molecule has 1 aliphatic heterocycles. The molecule has 1 aliphatic rings. The summed E-state index contributed by atoms with van der Waals surface area (Å²) in [6, 6.07) is 20.9. The average molecular weight is 389 g/mol. The van der Waals surface area contributed by atoms with Crippen LogP contribution in [0.1, 0.15) is 17.4 Å². The Labute approximate surface area is 169 Å². The fraction of sp³-hybridized carbons (Fsp3) is 0.217. The van der Waals surface area contributed by atoms with Crippen molar-refractivity contribution in [3.8, 4) is 0 Å². The summed E-state index contributed by atoms with van der Waals surface area (Å²) in [6.45, 7) is 1.10. The first-order valence-electron chi connectivity index (χ1n) is 9.64. The van der Waals surface area contributed by atoms with Gasteiger partial charge in [0.05, 0.1) is 6.26 Å². The summed E-state index contributed by atoms with van der Waals surface area (Å²) in [5.74, 6) is -0.484. The first-order chi connectivity index (χ1) is 14.1. The second kappa shape index (κ2) is 8.22. The molecule has 1 atom stereocenters. The van der Waals surface area contributed by atoms with E-state index in [1.807, 2.05) is 42.5 Å². The average Bonchev–Trinajstić information content (AvgIpc) is 3.44. The van der Waals surface area contributed by atoms with Crippen LogP contribution in [0.5, 0.6) is 0 Å². The van der Waals surface area contributed by atoms with E-state index in [-0.39, 0.29) is 12.6 Å². The lowest BCUT2D eigenvalue weighted by molar-refractivity contribution is -0.137. The molecule has 1 N–H and O–H groups in total. The van der Waals surface area contributed by atoms with Crippen LogP contribution in [0, 0.1) is 0 Å². The number of fused-ring (bicyclic) bond motifs is 1. The number of amides is 2. The van der Waals surface area contributed by atoms with Crippen molar-refractivity contribution in [3.05, 3.63) is 84.3 Å². The zero-order valence-corrected chi connectivity index (χ0v) is 16.2. The molecule has 2 aromatic carbocycles. The predicted molar refractivity (Wildman–Crippen MR) is 112 cm³/mol. The van der Waals surface area contributed by atoms with Gasteiger partial charge in [-0.3, -0.25) is 9.59 Å². The molecular weight excluding hydrogens is 366 g/mol. The summed E-state index contributed by atoms with van der Waals surface area (Å²) in [7, 11) is 1.60. The number of rotatable bonds is 5. The third-order valence-corrected chi connectivity index (χ3v) is 5.27. The van der Waals surface area contributed by atoms with Gasteiger partial charge in [-0.15, -0.1) is 0 Å². The van der Waals surface area contributed by atoms with Crippen LogP contribution in [0.3, 0.4) is 0 Å². The Hall–Kier alpha value is -3.54. The monoisotopic (exact) mass is 389 g/mol. The van der Waals surface area contributed by atoms with Gasteiger partial charge >= 0.3 is 11.8 Å². The molecule has 2 amide bonds. The van der Waals surface area contributed by atoms with Crippen LogP contribution in [0.25, 0.3) is 0 Å². The first-order valence-corrected chi connectivity index (χ1v) is 9.64. The van der Waals surface area contributed by atoms with Crippen molar-refractivity contribution in [2.75, 3.05) is 29.9 Å². The number of carbonyl (C=O) groups is 2. The predicted octanol–water partition coefficient (Wildman–Crippen LogP) is 3.16. The van der Waals surface area contributed by atoms with Gasteiger partial charge in [0, 0.05) is 31.5 Å². The minimum atomic E-state index is -0.639. The Morgan fingerprint density at radius 2 is 1.83 bits per heavy atom. The zero-order chi connectivity index (χ0) is 20.2. The number of anilines is 2. The highest BCUT2D eigenvalue weighted by Gasteiger charge is 2.30. The van der Waals surface area contributed by atoms with Gasteiger partial charge in [0.2, 0.25) is 0 Å². The molecule has 0 radical (unpaired) electrons. The highest BCUT2D eigenvalue weighted by atomic mass is 16.3. The summed E-state index contributed by atoms with van der Waals surface area (Å²) in [5.41, 5.74) is 3.08. The minimum Gasteiger partial charge on any atom is -0.467 e. The number of carbonyl (C=O) groups excluding carboxylic acids is 2. The SMILES string of the molecule is CN(C(=O)C(=O)NC[C@H](c1ccco1)N1CCc2ccccc21)c1ccccc1. The number of likely N-dealkylation sites (N-methyl/N-ethyl adjacent to an activating group) is 1. The van der Waals surface area contributed by atoms with Crippen molar-refractivity contribution >= 4 is 23.2 Å². The fourth-order valence-corrected chi connectivity index (χ4v) is 3.72. The topological polar surface area (TPSA) is 65.8 Å². The van der Waals surface area contributed by atoms with E-state index in [1.165, 1.54) is 10.5 Å². The lowest BCUT2D eigenvalue weighted by Crippen LogP contribution is -2.44. The Kier molecular flexibility index (Phi) is 5.33.